The molecule has 6 nitrogen and oxygen atoms in total. The summed E-state index contributed by atoms with van der Waals surface area (Å²) in [4.78, 5) is 17.9. The number of carboxylic acid groups (broad SMARTS) is 1. The second-order valence-electron chi connectivity index (χ2n) is 5.65. The van der Waals surface area contributed by atoms with Gasteiger partial charge in [-0.3, -0.25) is 14.6 Å². The van der Waals surface area contributed by atoms with E-state index in [1.54, 1.807) is 35.5 Å². The maximum Gasteiger partial charge on any atom is 0.331 e. The van der Waals surface area contributed by atoms with Crippen LogP contribution in [0.3, 0.4) is 0 Å². The van der Waals surface area contributed by atoms with Crippen molar-refractivity contribution >= 4 is 29.2 Å². The summed E-state index contributed by atoms with van der Waals surface area (Å²) in [7, 11) is 0. The Balaban J connectivity index is 1.74. The zero-order valence-electron chi connectivity index (χ0n) is 12.3. The van der Waals surface area contributed by atoms with Crippen LogP contribution in [0.15, 0.2) is 30.9 Å². The fourth-order valence-corrected chi connectivity index (χ4v) is 3.44. The van der Waals surface area contributed by atoms with E-state index in [9.17, 15) is 9.90 Å². The summed E-state index contributed by atoms with van der Waals surface area (Å²) in [5, 5.41) is 14.9. The first-order valence-electron chi connectivity index (χ1n) is 7.27. The molecule has 1 fully saturated rings. The van der Waals surface area contributed by atoms with Crippen LogP contribution in [0.5, 0.6) is 0 Å². The predicted molar refractivity (Wildman–Crippen MR) is 86.6 cm³/mol. The van der Waals surface area contributed by atoms with Crippen molar-refractivity contribution in [2.24, 2.45) is 0 Å². The number of carbonyl (C=O) groups is 1. The largest absolute Gasteiger partial charge is 0.479 e. The summed E-state index contributed by atoms with van der Waals surface area (Å²) in [5.41, 5.74) is -0.156. The van der Waals surface area contributed by atoms with Crippen LogP contribution in [-0.4, -0.2) is 43.8 Å². The van der Waals surface area contributed by atoms with Gasteiger partial charge in [-0.1, -0.05) is 23.2 Å². The molecule has 0 aliphatic carbocycles. The normalized spacial score (nSPS) is 18.0. The van der Waals surface area contributed by atoms with E-state index in [0.717, 1.165) is 5.56 Å². The van der Waals surface area contributed by atoms with Crippen LogP contribution >= 0.6 is 23.2 Å². The second-order valence-corrected chi connectivity index (χ2v) is 6.46. The fraction of sp³-hybridized carbons (Fsp3) is 0.400. The smallest absolute Gasteiger partial charge is 0.331 e. The number of pyridine rings is 1. The Bertz CT molecular complexity index is 677. The molecule has 3 heterocycles. The van der Waals surface area contributed by atoms with Gasteiger partial charge in [0.1, 0.15) is 0 Å². The van der Waals surface area contributed by atoms with Gasteiger partial charge in [0.2, 0.25) is 0 Å². The molecule has 0 amide bonds. The Labute approximate surface area is 143 Å². The van der Waals surface area contributed by atoms with E-state index in [0.29, 0.717) is 42.5 Å². The van der Waals surface area contributed by atoms with Crippen LogP contribution < -0.4 is 0 Å². The minimum Gasteiger partial charge on any atom is -0.479 e. The van der Waals surface area contributed by atoms with E-state index in [-0.39, 0.29) is 0 Å². The lowest BCUT2D eigenvalue weighted by molar-refractivity contribution is -0.151. The monoisotopic (exact) mass is 354 g/mol. The lowest BCUT2D eigenvalue weighted by atomic mass is 9.87. The van der Waals surface area contributed by atoms with E-state index in [2.05, 4.69) is 15.0 Å². The van der Waals surface area contributed by atoms with Crippen molar-refractivity contribution in [2.45, 2.75) is 24.9 Å². The van der Waals surface area contributed by atoms with E-state index < -0.39 is 11.5 Å². The standard InChI is InChI=1S/C15H16Cl2N4O2/c16-12-8-18-9-13(17)11(12)10-20-6-2-15(3-7-20,14(22)23)21-5-1-4-19-21/h1,4-5,8-9H,2-3,6-7,10H2,(H,22,23). The van der Waals surface area contributed by atoms with Crippen LogP contribution in [-0.2, 0) is 16.9 Å². The maximum atomic E-state index is 11.8. The van der Waals surface area contributed by atoms with Crippen LogP contribution in [0.25, 0.3) is 0 Å². The number of hydrogen-bond acceptors (Lipinski definition) is 4. The van der Waals surface area contributed by atoms with Crippen LogP contribution in [0.4, 0.5) is 0 Å². The molecule has 0 aromatic carbocycles. The summed E-state index contributed by atoms with van der Waals surface area (Å²) in [6.45, 7) is 1.83. The molecule has 0 saturated carbocycles. The SMILES string of the molecule is O=C(O)C1(n2cccn2)CCN(Cc2c(Cl)cncc2Cl)CC1. The average molecular weight is 355 g/mol. The maximum absolute atomic E-state index is 11.8. The van der Waals surface area contributed by atoms with Gasteiger partial charge in [0, 0.05) is 50.0 Å². The van der Waals surface area contributed by atoms with E-state index in [1.807, 2.05) is 0 Å². The Morgan fingerprint density at radius 1 is 1.26 bits per heavy atom. The molecule has 23 heavy (non-hydrogen) atoms. The third kappa shape index (κ3) is 3.06. The molecule has 8 heteroatoms. The molecule has 0 unspecified atom stereocenters. The van der Waals surface area contributed by atoms with Crippen LogP contribution in [0.2, 0.25) is 10.0 Å². The molecule has 1 aliphatic rings. The Morgan fingerprint density at radius 2 is 1.91 bits per heavy atom. The van der Waals surface area contributed by atoms with Crippen molar-refractivity contribution in [1.82, 2.24) is 19.7 Å². The average Bonchev–Trinajstić information content (AvgIpc) is 3.06. The highest BCUT2D eigenvalue weighted by atomic mass is 35.5. The van der Waals surface area contributed by atoms with Crippen molar-refractivity contribution < 1.29 is 9.90 Å². The molecule has 1 N–H and O–H groups in total. The van der Waals surface area contributed by atoms with Crippen molar-refractivity contribution in [3.8, 4) is 0 Å². The number of rotatable bonds is 4. The lowest BCUT2D eigenvalue weighted by Gasteiger charge is -2.39. The Hall–Kier alpha value is -1.63. The van der Waals surface area contributed by atoms with Crippen molar-refractivity contribution in [3.05, 3.63) is 46.5 Å². The zero-order chi connectivity index (χ0) is 16.4. The summed E-state index contributed by atoms with van der Waals surface area (Å²) in [6, 6.07) is 1.74. The minimum atomic E-state index is -0.980. The van der Waals surface area contributed by atoms with E-state index in [4.69, 9.17) is 23.2 Å². The molecule has 0 atom stereocenters. The minimum absolute atomic E-state index is 0.477. The van der Waals surface area contributed by atoms with Gasteiger partial charge in [0.25, 0.3) is 0 Å². The Kier molecular flexibility index (Phi) is 4.57. The van der Waals surface area contributed by atoms with Crippen molar-refractivity contribution in [3.63, 3.8) is 0 Å². The number of aromatic nitrogens is 3. The lowest BCUT2D eigenvalue weighted by Crippen LogP contribution is -2.51. The van der Waals surface area contributed by atoms with Gasteiger partial charge in [0.05, 0.1) is 10.0 Å². The molecule has 1 saturated heterocycles. The van der Waals surface area contributed by atoms with Crippen LogP contribution in [0.1, 0.15) is 18.4 Å². The van der Waals surface area contributed by atoms with Crippen LogP contribution in [0, 0.1) is 0 Å². The number of halogens is 2. The van der Waals surface area contributed by atoms with Gasteiger partial charge in [-0.25, -0.2) is 4.79 Å². The summed E-state index contributed by atoms with van der Waals surface area (Å²) in [5.74, 6) is -0.846. The molecule has 0 bridgehead atoms. The van der Waals surface area contributed by atoms with E-state index >= 15 is 0 Å². The summed E-state index contributed by atoms with van der Waals surface area (Å²) >= 11 is 12.3. The molecule has 1 aliphatic heterocycles. The first-order chi connectivity index (χ1) is 11.0. The van der Waals surface area contributed by atoms with Gasteiger partial charge in [-0.05, 0) is 18.9 Å². The molecule has 2 aromatic rings. The molecule has 2 aromatic heterocycles. The van der Waals surface area contributed by atoms with Crippen molar-refractivity contribution in [2.75, 3.05) is 13.1 Å². The summed E-state index contributed by atoms with van der Waals surface area (Å²) < 4.78 is 1.55. The third-order valence-electron chi connectivity index (χ3n) is 4.36. The highest BCUT2D eigenvalue weighted by Gasteiger charge is 2.43. The van der Waals surface area contributed by atoms with Gasteiger partial charge < -0.3 is 5.11 Å². The van der Waals surface area contributed by atoms with Crippen molar-refractivity contribution in [1.29, 1.82) is 0 Å². The molecular formula is C15H16Cl2N4O2. The summed E-state index contributed by atoms with van der Waals surface area (Å²) in [6.07, 6.45) is 7.40. The first-order valence-corrected chi connectivity index (χ1v) is 8.02. The highest BCUT2D eigenvalue weighted by molar-refractivity contribution is 6.35. The third-order valence-corrected chi connectivity index (χ3v) is 5.01. The number of nitrogens with zero attached hydrogens (tertiary/aromatic N) is 4. The quantitative estimate of drug-likeness (QED) is 0.913. The molecule has 122 valence electrons. The number of likely N-dealkylation sites (tertiary alicyclic amines) is 1. The zero-order valence-corrected chi connectivity index (χ0v) is 13.8. The van der Waals surface area contributed by atoms with E-state index in [1.165, 1.54) is 0 Å². The molecule has 0 spiro atoms. The topological polar surface area (TPSA) is 71.2 Å². The molecule has 0 radical (unpaired) electrons. The number of carboxylic acids is 1. The van der Waals surface area contributed by atoms with Gasteiger partial charge in [0.15, 0.2) is 5.54 Å². The molecule has 3 rings (SSSR count). The van der Waals surface area contributed by atoms with Gasteiger partial charge in [-0.15, -0.1) is 0 Å². The number of hydrogen-bond donors (Lipinski definition) is 1. The fourth-order valence-electron chi connectivity index (χ4n) is 2.96. The Morgan fingerprint density at radius 3 is 2.43 bits per heavy atom. The molecular weight excluding hydrogens is 339 g/mol. The number of aliphatic carboxylic acids is 1. The predicted octanol–water partition coefficient (Wildman–Crippen LogP) is 2.66. The second kappa shape index (κ2) is 6.47. The highest BCUT2D eigenvalue weighted by Crippen LogP contribution is 2.32. The number of piperidine rings is 1. The van der Waals surface area contributed by atoms with Gasteiger partial charge in [-0.2, -0.15) is 5.10 Å². The first kappa shape index (κ1) is 16.2. The van der Waals surface area contributed by atoms with Gasteiger partial charge >= 0.3 is 5.97 Å².